The van der Waals surface area contributed by atoms with Gasteiger partial charge in [-0.05, 0) is 10.9 Å². The lowest BCUT2D eigenvalue weighted by atomic mass is 10.3. The van der Waals surface area contributed by atoms with Crippen LogP contribution in [0.3, 0.4) is 0 Å². The SMILES string of the molecule is O=S(=O)(Cl)N1CC=C(Br)CC1. The van der Waals surface area contributed by atoms with Gasteiger partial charge < -0.3 is 0 Å². The molecular weight excluding hydrogens is 253 g/mol. The van der Waals surface area contributed by atoms with Gasteiger partial charge in [0.2, 0.25) is 0 Å². The van der Waals surface area contributed by atoms with Crippen LogP contribution in [0.15, 0.2) is 10.6 Å². The number of hydrogen-bond donors (Lipinski definition) is 0. The Morgan fingerprint density at radius 2 is 2.27 bits per heavy atom. The van der Waals surface area contributed by atoms with Crippen molar-refractivity contribution in [3.63, 3.8) is 0 Å². The Bertz CT molecular complexity index is 274. The lowest BCUT2D eigenvalue weighted by molar-refractivity contribution is 0.448. The standard InChI is InChI=1S/C5H7BrClNO2S/c6-5-1-3-8(4-2-5)11(7,9)10/h1H,2-4H2. The van der Waals surface area contributed by atoms with Gasteiger partial charge in [0.15, 0.2) is 0 Å². The molecule has 11 heavy (non-hydrogen) atoms. The summed E-state index contributed by atoms with van der Waals surface area (Å²) in [7, 11) is 1.60. The van der Waals surface area contributed by atoms with Crippen LogP contribution in [0, 0.1) is 0 Å². The zero-order valence-corrected chi connectivity index (χ0v) is 8.78. The fourth-order valence-electron chi connectivity index (χ4n) is 0.824. The molecule has 0 aromatic heterocycles. The third kappa shape index (κ3) is 2.74. The van der Waals surface area contributed by atoms with Gasteiger partial charge in [0, 0.05) is 23.8 Å². The fourth-order valence-corrected chi connectivity index (χ4v) is 2.08. The normalized spacial score (nSPS) is 21.5. The predicted octanol–water partition coefficient (Wildman–Crippen LogP) is 1.45. The molecule has 0 aromatic carbocycles. The maximum Gasteiger partial charge on any atom is 0.300 e. The van der Waals surface area contributed by atoms with Crippen molar-refractivity contribution >= 4 is 35.8 Å². The van der Waals surface area contributed by atoms with Crippen LogP contribution in [0.4, 0.5) is 0 Å². The van der Waals surface area contributed by atoms with E-state index in [1.54, 1.807) is 6.08 Å². The summed E-state index contributed by atoms with van der Waals surface area (Å²) >= 11 is 3.28. The van der Waals surface area contributed by atoms with Crippen molar-refractivity contribution in [3.05, 3.63) is 10.6 Å². The summed E-state index contributed by atoms with van der Waals surface area (Å²) in [6, 6.07) is 0. The van der Waals surface area contributed by atoms with E-state index in [1.807, 2.05) is 0 Å². The second-order valence-electron chi connectivity index (χ2n) is 2.20. The highest BCUT2D eigenvalue weighted by Crippen LogP contribution is 2.19. The molecule has 64 valence electrons. The molecule has 0 saturated heterocycles. The molecule has 1 rings (SSSR count). The fraction of sp³-hybridized carbons (Fsp3) is 0.600. The zero-order chi connectivity index (χ0) is 8.48. The van der Waals surface area contributed by atoms with Crippen LogP contribution in [-0.2, 0) is 9.24 Å². The summed E-state index contributed by atoms with van der Waals surface area (Å²) < 4.78 is 23.7. The van der Waals surface area contributed by atoms with Gasteiger partial charge >= 0.3 is 0 Å². The minimum absolute atomic E-state index is 0.367. The largest absolute Gasteiger partial charge is 0.300 e. The molecule has 0 saturated carbocycles. The number of halogens is 2. The maximum absolute atomic E-state index is 10.7. The average Bonchev–Trinajstić information content (AvgIpc) is 1.86. The Kier molecular flexibility index (Phi) is 2.96. The smallest absolute Gasteiger partial charge is 0.195 e. The molecule has 0 amide bonds. The summed E-state index contributed by atoms with van der Waals surface area (Å²) in [5.74, 6) is 0. The Balaban J connectivity index is 2.69. The molecule has 0 N–H and O–H groups in total. The number of hydrogen-bond acceptors (Lipinski definition) is 2. The molecule has 0 aromatic rings. The first kappa shape index (κ1) is 9.51. The first-order valence-corrected chi connectivity index (χ1v) is 6.10. The van der Waals surface area contributed by atoms with E-state index in [-0.39, 0.29) is 0 Å². The van der Waals surface area contributed by atoms with Crippen LogP contribution in [0.2, 0.25) is 0 Å². The zero-order valence-electron chi connectivity index (χ0n) is 5.63. The van der Waals surface area contributed by atoms with E-state index >= 15 is 0 Å². The summed E-state index contributed by atoms with van der Waals surface area (Å²) in [4.78, 5) is 0. The number of rotatable bonds is 1. The van der Waals surface area contributed by atoms with Crippen LogP contribution in [-0.4, -0.2) is 25.8 Å². The van der Waals surface area contributed by atoms with Crippen molar-refractivity contribution in [2.24, 2.45) is 0 Å². The summed E-state index contributed by atoms with van der Waals surface area (Å²) in [6.07, 6.45) is 2.50. The third-order valence-electron chi connectivity index (χ3n) is 1.42. The highest BCUT2D eigenvalue weighted by molar-refractivity contribution is 9.11. The Morgan fingerprint density at radius 1 is 1.64 bits per heavy atom. The minimum atomic E-state index is -3.51. The molecule has 1 aliphatic heterocycles. The quantitative estimate of drug-likeness (QED) is 0.669. The van der Waals surface area contributed by atoms with Crippen molar-refractivity contribution < 1.29 is 8.42 Å². The van der Waals surface area contributed by atoms with E-state index in [4.69, 9.17) is 10.7 Å². The van der Waals surface area contributed by atoms with E-state index in [9.17, 15) is 8.42 Å². The van der Waals surface area contributed by atoms with Gasteiger partial charge in [-0.3, -0.25) is 0 Å². The molecule has 0 spiro atoms. The Morgan fingerprint density at radius 3 is 2.64 bits per heavy atom. The maximum atomic E-state index is 10.7. The molecule has 3 nitrogen and oxygen atoms in total. The van der Waals surface area contributed by atoms with Crippen molar-refractivity contribution in [2.75, 3.05) is 13.1 Å². The molecule has 0 radical (unpaired) electrons. The summed E-state index contributed by atoms with van der Waals surface area (Å²) in [5.41, 5.74) is 0. The van der Waals surface area contributed by atoms with Crippen LogP contribution in [0.5, 0.6) is 0 Å². The van der Waals surface area contributed by atoms with Crippen molar-refractivity contribution in [1.29, 1.82) is 0 Å². The van der Waals surface area contributed by atoms with E-state index in [2.05, 4.69) is 15.9 Å². The van der Waals surface area contributed by atoms with Gasteiger partial charge in [-0.1, -0.05) is 22.0 Å². The molecule has 0 aliphatic carbocycles. The van der Waals surface area contributed by atoms with Gasteiger partial charge in [0.05, 0.1) is 0 Å². The topological polar surface area (TPSA) is 37.4 Å². The first-order chi connectivity index (χ1) is 5.00. The minimum Gasteiger partial charge on any atom is -0.195 e. The molecule has 1 heterocycles. The molecule has 1 aliphatic rings. The van der Waals surface area contributed by atoms with Crippen molar-refractivity contribution in [2.45, 2.75) is 6.42 Å². The summed E-state index contributed by atoms with van der Waals surface area (Å²) in [5, 5.41) is 0. The van der Waals surface area contributed by atoms with E-state index < -0.39 is 9.24 Å². The molecular formula is C5H7BrClNO2S. The van der Waals surface area contributed by atoms with Gasteiger partial charge in [-0.25, -0.2) is 0 Å². The first-order valence-electron chi connectivity index (χ1n) is 3.04. The van der Waals surface area contributed by atoms with Crippen LogP contribution in [0.25, 0.3) is 0 Å². The van der Waals surface area contributed by atoms with E-state index in [0.717, 1.165) is 4.48 Å². The third-order valence-corrected chi connectivity index (χ3v) is 3.68. The Labute approximate surface area is 78.7 Å². The molecule has 0 bridgehead atoms. The van der Waals surface area contributed by atoms with Gasteiger partial charge in [0.1, 0.15) is 0 Å². The molecule has 0 atom stereocenters. The van der Waals surface area contributed by atoms with E-state index in [0.29, 0.717) is 19.5 Å². The van der Waals surface area contributed by atoms with Gasteiger partial charge in [0.25, 0.3) is 9.24 Å². The predicted molar refractivity (Wildman–Crippen MR) is 48.0 cm³/mol. The highest BCUT2D eigenvalue weighted by Gasteiger charge is 2.20. The average molecular weight is 261 g/mol. The summed E-state index contributed by atoms with van der Waals surface area (Å²) in [6.45, 7) is 0.829. The lowest BCUT2D eigenvalue weighted by Gasteiger charge is -2.20. The molecule has 0 fully saturated rings. The number of nitrogens with zero attached hydrogens (tertiary/aromatic N) is 1. The van der Waals surface area contributed by atoms with Crippen LogP contribution in [0.1, 0.15) is 6.42 Å². The highest BCUT2D eigenvalue weighted by atomic mass is 79.9. The van der Waals surface area contributed by atoms with Crippen molar-refractivity contribution in [3.8, 4) is 0 Å². The van der Waals surface area contributed by atoms with Crippen LogP contribution < -0.4 is 0 Å². The monoisotopic (exact) mass is 259 g/mol. The second kappa shape index (κ2) is 3.43. The van der Waals surface area contributed by atoms with Crippen LogP contribution >= 0.6 is 26.6 Å². The van der Waals surface area contributed by atoms with Crippen molar-refractivity contribution in [1.82, 2.24) is 4.31 Å². The lowest BCUT2D eigenvalue weighted by Crippen LogP contribution is -2.30. The van der Waals surface area contributed by atoms with Gasteiger partial charge in [-0.15, -0.1) is 0 Å². The molecule has 0 unspecified atom stereocenters. The second-order valence-corrected chi connectivity index (χ2v) is 5.73. The van der Waals surface area contributed by atoms with E-state index in [1.165, 1.54) is 4.31 Å². The van der Waals surface area contributed by atoms with Gasteiger partial charge in [-0.2, -0.15) is 12.7 Å². The molecule has 6 heteroatoms. The Hall–Kier alpha value is 0.420.